The third-order valence-electron chi connectivity index (χ3n) is 4.97. The summed E-state index contributed by atoms with van der Waals surface area (Å²) >= 11 is 0.998. The number of rotatable bonds is 6. The van der Waals surface area contributed by atoms with Gasteiger partial charge in [0.05, 0.1) is 23.4 Å². The Morgan fingerprint density at radius 1 is 1.12 bits per heavy atom. The molecule has 6 nitrogen and oxygen atoms in total. The molecule has 1 fully saturated rings. The van der Waals surface area contributed by atoms with E-state index in [0.717, 1.165) is 29.5 Å². The smallest absolute Gasteiger partial charge is 0.406 e. The molecule has 0 radical (unpaired) electrons. The monoisotopic (exact) mass is 523 g/mol. The van der Waals surface area contributed by atoms with E-state index in [2.05, 4.69) is 14.6 Å². The number of carbonyl (C=O) groups is 1. The molecular formula is C21H19ClF5N3O3S. The maximum Gasteiger partial charge on any atom is 0.573 e. The lowest BCUT2D eigenvalue weighted by Crippen LogP contribution is -2.43. The third kappa shape index (κ3) is 6.32. The predicted molar refractivity (Wildman–Crippen MR) is 119 cm³/mol. The predicted octanol–water partition coefficient (Wildman–Crippen LogP) is 4.87. The van der Waals surface area contributed by atoms with Crippen molar-refractivity contribution in [1.82, 2.24) is 9.88 Å². The van der Waals surface area contributed by atoms with Crippen LogP contribution in [0.15, 0.2) is 36.4 Å². The standard InChI is InChI=1S/C21H18F5N3O3S.ClH/c22-15-3-1-13(11-16(15)23)19(30)29(6-5-28-7-9-31-10-8-28)20-27-17-4-2-14(12-18(17)33-20)32-21(24,25)26;/h1-4,11-12H,5-10H2;1H. The van der Waals surface area contributed by atoms with Crippen LogP contribution >= 0.6 is 23.7 Å². The molecule has 2 aromatic carbocycles. The van der Waals surface area contributed by atoms with Crippen molar-refractivity contribution in [3.05, 3.63) is 53.6 Å². The average molecular weight is 524 g/mol. The number of halogens is 6. The van der Waals surface area contributed by atoms with Crippen LogP contribution in [0.3, 0.4) is 0 Å². The van der Waals surface area contributed by atoms with Crippen LogP contribution in [0.2, 0.25) is 0 Å². The minimum absolute atomic E-state index is 0. The van der Waals surface area contributed by atoms with Gasteiger partial charge < -0.3 is 9.47 Å². The lowest BCUT2D eigenvalue weighted by Gasteiger charge is -2.29. The number of hydrogen-bond acceptors (Lipinski definition) is 6. The van der Waals surface area contributed by atoms with Crippen LogP contribution in [-0.2, 0) is 4.74 Å². The number of alkyl halides is 3. The van der Waals surface area contributed by atoms with Crippen LogP contribution in [0.25, 0.3) is 10.2 Å². The van der Waals surface area contributed by atoms with Gasteiger partial charge in [0.1, 0.15) is 5.75 Å². The summed E-state index contributed by atoms with van der Waals surface area (Å²) < 4.78 is 74.4. The summed E-state index contributed by atoms with van der Waals surface area (Å²) in [5.41, 5.74) is 0.301. The van der Waals surface area contributed by atoms with E-state index in [9.17, 15) is 26.7 Å². The number of thiazole rings is 1. The second kappa shape index (κ2) is 10.8. The second-order valence-corrected chi connectivity index (χ2v) is 8.22. The molecule has 0 bridgehead atoms. The fourth-order valence-electron chi connectivity index (χ4n) is 3.34. The molecule has 184 valence electrons. The largest absolute Gasteiger partial charge is 0.573 e. The molecule has 0 N–H and O–H groups in total. The zero-order valence-corrected chi connectivity index (χ0v) is 19.1. The molecule has 3 aromatic rings. The van der Waals surface area contributed by atoms with Gasteiger partial charge in [-0.2, -0.15) is 0 Å². The van der Waals surface area contributed by atoms with E-state index in [4.69, 9.17) is 4.74 Å². The number of nitrogens with zero attached hydrogens (tertiary/aromatic N) is 3. The van der Waals surface area contributed by atoms with Crippen molar-refractivity contribution in [2.24, 2.45) is 0 Å². The average Bonchev–Trinajstić information content (AvgIpc) is 3.18. The molecule has 4 rings (SSSR count). The zero-order chi connectivity index (χ0) is 23.6. The molecule has 0 aliphatic carbocycles. The maximum absolute atomic E-state index is 13.7. The molecule has 34 heavy (non-hydrogen) atoms. The summed E-state index contributed by atoms with van der Waals surface area (Å²) in [4.78, 5) is 21.0. The Kier molecular flexibility index (Phi) is 8.29. The number of hydrogen-bond donors (Lipinski definition) is 0. The number of fused-ring (bicyclic) bond motifs is 1. The van der Waals surface area contributed by atoms with E-state index < -0.39 is 29.7 Å². The van der Waals surface area contributed by atoms with Crippen LogP contribution in [-0.4, -0.2) is 61.5 Å². The Labute approximate surface area is 201 Å². The summed E-state index contributed by atoms with van der Waals surface area (Å²) in [6.07, 6.45) is -4.84. The Balaban J connectivity index is 0.00000324. The summed E-state index contributed by atoms with van der Waals surface area (Å²) in [7, 11) is 0. The molecule has 0 saturated carbocycles. The molecule has 1 saturated heterocycles. The molecule has 1 aromatic heterocycles. The van der Waals surface area contributed by atoms with Gasteiger partial charge in [0, 0.05) is 37.8 Å². The Bertz CT molecular complexity index is 1150. The van der Waals surface area contributed by atoms with Gasteiger partial charge in [-0.3, -0.25) is 14.6 Å². The fourth-order valence-corrected chi connectivity index (χ4v) is 4.36. The molecule has 13 heteroatoms. The highest BCUT2D eigenvalue weighted by Gasteiger charge is 2.31. The van der Waals surface area contributed by atoms with Crippen molar-refractivity contribution >= 4 is 45.0 Å². The van der Waals surface area contributed by atoms with Gasteiger partial charge in [0.2, 0.25) is 0 Å². The lowest BCUT2D eigenvalue weighted by atomic mass is 10.2. The summed E-state index contributed by atoms with van der Waals surface area (Å²) in [6, 6.07) is 6.52. The second-order valence-electron chi connectivity index (χ2n) is 7.21. The van der Waals surface area contributed by atoms with Crippen molar-refractivity contribution in [1.29, 1.82) is 0 Å². The molecule has 0 atom stereocenters. The lowest BCUT2D eigenvalue weighted by molar-refractivity contribution is -0.274. The first-order valence-electron chi connectivity index (χ1n) is 9.93. The number of amides is 1. The summed E-state index contributed by atoms with van der Waals surface area (Å²) in [5.74, 6) is -3.25. The fraction of sp³-hybridized carbons (Fsp3) is 0.333. The van der Waals surface area contributed by atoms with Crippen LogP contribution in [0.5, 0.6) is 5.75 Å². The number of morpholine rings is 1. The van der Waals surface area contributed by atoms with E-state index in [1.54, 1.807) is 0 Å². The van der Waals surface area contributed by atoms with Crippen molar-refractivity contribution in [2.75, 3.05) is 44.3 Å². The minimum Gasteiger partial charge on any atom is -0.406 e. The van der Waals surface area contributed by atoms with Crippen LogP contribution in [0.1, 0.15) is 10.4 Å². The van der Waals surface area contributed by atoms with E-state index >= 15 is 0 Å². The minimum atomic E-state index is -4.84. The summed E-state index contributed by atoms with van der Waals surface area (Å²) in [6.45, 7) is 3.11. The first-order chi connectivity index (χ1) is 15.7. The van der Waals surface area contributed by atoms with Crippen LogP contribution in [0, 0.1) is 11.6 Å². The first-order valence-corrected chi connectivity index (χ1v) is 10.7. The van der Waals surface area contributed by atoms with Gasteiger partial charge >= 0.3 is 6.36 Å². The molecule has 0 unspecified atom stereocenters. The third-order valence-corrected chi connectivity index (χ3v) is 6.01. The molecular weight excluding hydrogens is 505 g/mol. The zero-order valence-electron chi connectivity index (χ0n) is 17.5. The van der Waals surface area contributed by atoms with Gasteiger partial charge in [-0.1, -0.05) is 11.3 Å². The highest BCUT2D eigenvalue weighted by molar-refractivity contribution is 7.22. The molecule has 2 heterocycles. The van der Waals surface area contributed by atoms with Crippen LogP contribution < -0.4 is 9.64 Å². The van der Waals surface area contributed by atoms with Crippen molar-refractivity contribution in [3.8, 4) is 5.75 Å². The summed E-state index contributed by atoms with van der Waals surface area (Å²) in [5, 5.41) is 0.220. The van der Waals surface area contributed by atoms with Gasteiger partial charge in [-0.05, 0) is 30.3 Å². The normalized spacial score (nSPS) is 14.6. The number of anilines is 1. The van der Waals surface area contributed by atoms with E-state index in [0.29, 0.717) is 43.1 Å². The number of aromatic nitrogens is 1. The van der Waals surface area contributed by atoms with E-state index in [1.807, 2.05) is 0 Å². The highest BCUT2D eigenvalue weighted by atomic mass is 35.5. The van der Waals surface area contributed by atoms with Gasteiger partial charge in [-0.15, -0.1) is 25.6 Å². The molecule has 1 amide bonds. The number of carbonyl (C=O) groups excluding carboxylic acids is 1. The van der Waals surface area contributed by atoms with Gasteiger partial charge in [0.25, 0.3) is 5.91 Å². The van der Waals surface area contributed by atoms with Crippen molar-refractivity contribution < 1.29 is 36.2 Å². The number of ether oxygens (including phenoxy) is 2. The van der Waals surface area contributed by atoms with Gasteiger partial charge in [0.15, 0.2) is 16.8 Å². The maximum atomic E-state index is 13.7. The van der Waals surface area contributed by atoms with Crippen molar-refractivity contribution in [2.45, 2.75) is 6.36 Å². The number of benzene rings is 2. The van der Waals surface area contributed by atoms with Crippen LogP contribution in [0.4, 0.5) is 27.1 Å². The molecule has 0 spiro atoms. The van der Waals surface area contributed by atoms with E-state index in [1.165, 1.54) is 23.1 Å². The Morgan fingerprint density at radius 2 is 1.85 bits per heavy atom. The Morgan fingerprint density at radius 3 is 2.53 bits per heavy atom. The topological polar surface area (TPSA) is 54.9 Å². The van der Waals surface area contributed by atoms with E-state index in [-0.39, 0.29) is 29.6 Å². The molecule has 1 aliphatic heterocycles. The quantitative estimate of drug-likeness (QED) is 0.431. The highest BCUT2D eigenvalue weighted by Crippen LogP contribution is 2.34. The van der Waals surface area contributed by atoms with Crippen molar-refractivity contribution in [3.63, 3.8) is 0 Å². The molecule has 1 aliphatic rings. The Hall–Kier alpha value is -2.54. The first kappa shape index (κ1) is 26.1. The van der Waals surface area contributed by atoms with Gasteiger partial charge in [-0.25, -0.2) is 13.8 Å². The SMILES string of the molecule is Cl.O=C(c1ccc(F)c(F)c1)N(CCN1CCOCC1)c1nc2ccc(OC(F)(F)F)cc2s1.